The summed E-state index contributed by atoms with van der Waals surface area (Å²) in [6.07, 6.45) is 0. The van der Waals surface area contributed by atoms with E-state index in [1.54, 1.807) is 12.1 Å². The van der Waals surface area contributed by atoms with Crippen LogP contribution in [0.3, 0.4) is 0 Å². The summed E-state index contributed by atoms with van der Waals surface area (Å²) in [4.78, 5) is 15.0. The molecule has 172 valence electrons. The number of ether oxygens (including phenoxy) is 1. The highest BCUT2D eigenvalue weighted by Gasteiger charge is 2.27. The molecule has 7 nitrogen and oxygen atoms in total. The lowest BCUT2D eigenvalue weighted by Crippen LogP contribution is -2.47. The van der Waals surface area contributed by atoms with Crippen LogP contribution >= 0.6 is 0 Å². The predicted molar refractivity (Wildman–Crippen MR) is 127 cm³/mol. The summed E-state index contributed by atoms with van der Waals surface area (Å²) in [7, 11) is -1.66. The quantitative estimate of drug-likeness (QED) is 0.579. The number of amides is 1. The van der Waals surface area contributed by atoms with Gasteiger partial charge in [0.1, 0.15) is 11.5 Å². The Hall–Kier alpha value is -3.20. The van der Waals surface area contributed by atoms with Gasteiger partial charge in [0, 0.05) is 38.3 Å². The summed E-state index contributed by atoms with van der Waals surface area (Å²) in [5.74, 6) is 1.07. The Morgan fingerprint density at radius 2 is 1.58 bits per heavy atom. The van der Waals surface area contributed by atoms with E-state index in [0.29, 0.717) is 44.0 Å². The van der Waals surface area contributed by atoms with E-state index < -0.39 is 10.0 Å². The molecule has 1 aliphatic rings. The fourth-order valence-electron chi connectivity index (χ4n) is 3.60. The number of nitrogens with zero attached hydrogens (tertiary/aromatic N) is 2. The van der Waals surface area contributed by atoms with Gasteiger partial charge in [-0.2, -0.15) is 4.31 Å². The van der Waals surface area contributed by atoms with Gasteiger partial charge in [0.2, 0.25) is 10.0 Å². The van der Waals surface area contributed by atoms with Gasteiger partial charge in [-0.1, -0.05) is 36.4 Å². The van der Waals surface area contributed by atoms with Crippen molar-refractivity contribution in [2.45, 2.75) is 11.4 Å². The molecular formula is C25H27N3O4S. The van der Waals surface area contributed by atoms with Gasteiger partial charge in [-0.25, -0.2) is 8.42 Å². The number of nitrogens with one attached hydrogen (secondary N) is 1. The van der Waals surface area contributed by atoms with Crippen molar-refractivity contribution < 1.29 is 17.9 Å². The van der Waals surface area contributed by atoms with Gasteiger partial charge in [0.15, 0.2) is 0 Å². The predicted octanol–water partition coefficient (Wildman–Crippen LogP) is 3.35. The Bertz CT molecular complexity index is 1210. The molecular weight excluding hydrogens is 438 g/mol. The maximum absolute atomic E-state index is 13.0. The average Bonchev–Trinajstić information content (AvgIpc) is 2.84. The van der Waals surface area contributed by atoms with Crippen molar-refractivity contribution >= 4 is 15.9 Å². The third-order valence-corrected chi connectivity index (χ3v) is 7.42. The number of hydrogen-bond donors (Lipinski definition) is 1. The maximum atomic E-state index is 13.0. The van der Waals surface area contributed by atoms with Crippen molar-refractivity contribution in [3.8, 4) is 11.5 Å². The van der Waals surface area contributed by atoms with Gasteiger partial charge in [0.05, 0.1) is 4.90 Å². The Kier molecular flexibility index (Phi) is 7.08. The Morgan fingerprint density at radius 3 is 2.33 bits per heavy atom. The van der Waals surface area contributed by atoms with E-state index in [-0.39, 0.29) is 10.8 Å². The second kappa shape index (κ2) is 10.2. The first kappa shape index (κ1) is 23.0. The molecule has 0 saturated carbocycles. The number of piperazine rings is 1. The fraction of sp³-hybridized carbons (Fsp3) is 0.240. The maximum Gasteiger partial charge on any atom is 0.251 e. The number of benzene rings is 3. The summed E-state index contributed by atoms with van der Waals surface area (Å²) in [6, 6.07) is 23.1. The van der Waals surface area contributed by atoms with Gasteiger partial charge in [0.25, 0.3) is 5.91 Å². The molecule has 1 amide bonds. The number of carbonyl (C=O) groups is 1. The summed E-state index contributed by atoms with van der Waals surface area (Å²) >= 11 is 0. The van der Waals surface area contributed by atoms with Crippen molar-refractivity contribution in [3.05, 3.63) is 90.0 Å². The zero-order valence-corrected chi connectivity index (χ0v) is 19.3. The zero-order valence-electron chi connectivity index (χ0n) is 18.5. The van der Waals surface area contributed by atoms with Gasteiger partial charge in [-0.3, -0.25) is 4.79 Å². The molecule has 4 rings (SSSR count). The Morgan fingerprint density at radius 1 is 0.879 bits per heavy atom. The molecule has 0 spiro atoms. The highest BCUT2D eigenvalue weighted by molar-refractivity contribution is 7.89. The first-order chi connectivity index (χ1) is 15.9. The molecule has 0 aliphatic carbocycles. The molecule has 1 saturated heterocycles. The highest BCUT2D eigenvalue weighted by atomic mass is 32.2. The van der Waals surface area contributed by atoms with Crippen LogP contribution in [0.5, 0.6) is 11.5 Å². The van der Waals surface area contributed by atoms with Crippen LogP contribution in [0.15, 0.2) is 83.8 Å². The fourth-order valence-corrected chi connectivity index (χ4v) is 5.07. The average molecular weight is 466 g/mol. The standard InChI is InChI=1S/C25H27N3O4S/c1-27-13-15-28(16-14-27)33(30,31)24-12-6-8-21(18-24)25(29)26-19-20-7-5-11-23(17-20)32-22-9-3-2-4-10-22/h2-12,17-18H,13-16,19H2,1H3,(H,26,29). The Labute approximate surface area is 194 Å². The number of likely N-dealkylation sites (N-methyl/N-ethyl adjacent to an activating group) is 1. The van der Waals surface area contributed by atoms with Crippen LogP contribution in [0.4, 0.5) is 0 Å². The lowest BCUT2D eigenvalue weighted by Gasteiger charge is -2.31. The minimum atomic E-state index is -3.63. The number of carbonyl (C=O) groups excluding carboxylic acids is 1. The summed E-state index contributed by atoms with van der Waals surface area (Å²) in [5.41, 5.74) is 1.18. The van der Waals surface area contributed by atoms with E-state index in [1.807, 2.05) is 61.6 Å². The molecule has 0 atom stereocenters. The molecule has 0 bridgehead atoms. The van der Waals surface area contributed by atoms with Gasteiger partial charge >= 0.3 is 0 Å². The molecule has 1 heterocycles. The molecule has 3 aromatic rings. The van der Waals surface area contributed by atoms with E-state index >= 15 is 0 Å². The van der Waals surface area contributed by atoms with Gasteiger partial charge in [-0.05, 0) is 55.1 Å². The molecule has 0 aromatic heterocycles. The normalized spacial score (nSPS) is 15.2. The monoisotopic (exact) mass is 465 g/mol. The van der Waals surface area contributed by atoms with Crippen LogP contribution in [0.25, 0.3) is 0 Å². The molecule has 1 N–H and O–H groups in total. The van der Waals surface area contributed by atoms with Gasteiger partial charge < -0.3 is 15.0 Å². The molecule has 0 unspecified atom stereocenters. The van der Waals surface area contributed by atoms with Crippen LogP contribution in [0, 0.1) is 0 Å². The van der Waals surface area contributed by atoms with Crippen LogP contribution in [-0.4, -0.2) is 56.8 Å². The lowest BCUT2D eigenvalue weighted by atomic mass is 10.2. The van der Waals surface area contributed by atoms with Crippen molar-refractivity contribution in [3.63, 3.8) is 0 Å². The number of sulfonamides is 1. The van der Waals surface area contributed by atoms with E-state index in [2.05, 4.69) is 10.2 Å². The third-order valence-electron chi connectivity index (χ3n) is 5.53. The lowest BCUT2D eigenvalue weighted by molar-refractivity contribution is 0.0950. The molecule has 1 fully saturated rings. The van der Waals surface area contributed by atoms with E-state index in [1.165, 1.54) is 16.4 Å². The van der Waals surface area contributed by atoms with Crippen molar-refractivity contribution in [2.24, 2.45) is 0 Å². The summed E-state index contributed by atoms with van der Waals surface area (Å²) < 4.78 is 33.3. The summed E-state index contributed by atoms with van der Waals surface area (Å²) in [5, 5.41) is 2.86. The van der Waals surface area contributed by atoms with Crippen LogP contribution in [-0.2, 0) is 16.6 Å². The first-order valence-electron chi connectivity index (χ1n) is 10.8. The zero-order chi connectivity index (χ0) is 23.3. The number of para-hydroxylation sites is 1. The second-order valence-corrected chi connectivity index (χ2v) is 9.92. The Balaban J connectivity index is 1.41. The van der Waals surface area contributed by atoms with Crippen LogP contribution in [0.2, 0.25) is 0 Å². The molecule has 1 aliphatic heterocycles. The number of rotatable bonds is 7. The molecule has 8 heteroatoms. The third kappa shape index (κ3) is 5.78. The first-order valence-corrected chi connectivity index (χ1v) is 12.2. The van der Waals surface area contributed by atoms with Gasteiger partial charge in [-0.15, -0.1) is 0 Å². The van der Waals surface area contributed by atoms with Crippen molar-refractivity contribution in [1.82, 2.24) is 14.5 Å². The van der Waals surface area contributed by atoms with Crippen LogP contribution in [0.1, 0.15) is 15.9 Å². The van der Waals surface area contributed by atoms with Crippen molar-refractivity contribution in [1.29, 1.82) is 0 Å². The highest BCUT2D eigenvalue weighted by Crippen LogP contribution is 2.22. The minimum absolute atomic E-state index is 0.137. The second-order valence-electron chi connectivity index (χ2n) is 7.98. The summed E-state index contributed by atoms with van der Waals surface area (Å²) in [6.45, 7) is 2.55. The largest absolute Gasteiger partial charge is 0.457 e. The minimum Gasteiger partial charge on any atom is -0.457 e. The van der Waals surface area contributed by atoms with E-state index in [4.69, 9.17) is 4.74 Å². The van der Waals surface area contributed by atoms with Crippen molar-refractivity contribution in [2.75, 3.05) is 33.2 Å². The topological polar surface area (TPSA) is 79.0 Å². The SMILES string of the molecule is CN1CCN(S(=O)(=O)c2cccc(C(=O)NCc3cccc(Oc4ccccc4)c3)c2)CC1. The molecule has 0 radical (unpaired) electrons. The smallest absolute Gasteiger partial charge is 0.251 e. The molecule has 3 aromatic carbocycles. The van der Waals surface area contributed by atoms with Crippen LogP contribution < -0.4 is 10.1 Å². The molecule has 33 heavy (non-hydrogen) atoms. The van der Waals surface area contributed by atoms with E-state index in [0.717, 1.165) is 11.3 Å². The van der Waals surface area contributed by atoms with E-state index in [9.17, 15) is 13.2 Å². The number of hydrogen-bond acceptors (Lipinski definition) is 5.